The minimum absolute atomic E-state index is 0.0990. The average Bonchev–Trinajstić information content (AvgIpc) is 3.24. The zero-order chi connectivity index (χ0) is 24.1. The Labute approximate surface area is 199 Å². The highest BCUT2D eigenvalue weighted by Gasteiger charge is 2.50. The Balaban J connectivity index is 1.66. The molecule has 1 heterocycles. The molecule has 0 spiro atoms. The van der Waals surface area contributed by atoms with Crippen molar-refractivity contribution in [1.82, 2.24) is 10.3 Å². The van der Waals surface area contributed by atoms with Crippen molar-refractivity contribution < 1.29 is 18.3 Å². The van der Waals surface area contributed by atoms with Crippen LogP contribution in [0, 0.1) is 17.6 Å². The number of nitrogens with zero attached hydrogens (tertiary/aromatic N) is 2. The van der Waals surface area contributed by atoms with Gasteiger partial charge in [0, 0.05) is 23.9 Å². The van der Waals surface area contributed by atoms with Crippen molar-refractivity contribution in [1.29, 1.82) is 0 Å². The van der Waals surface area contributed by atoms with Crippen LogP contribution in [0.4, 0.5) is 8.78 Å². The maximum Gasteiger partial charge on any atom is 0.249 e. The molecule has 4 rings (SSSR count). The van der Waals surface area contributed by atoms with Crippen LogP contribution in [0.2, 0.25) is 0 Å². The van der Waals surface area contributed by atoms with Crippen LogP contribution < -0.4 is 5.32 Å². The third-order valence-corrected chi connectivity index (χ3v) is 6.24. The van der Waals surface area contributed by atoms with E-state index in [0.29, 0.717) is 18.9 Å². The van der Waals surface area contributed by atoms with Crippen LogP contribution in [0.5, 0.6) is 0 Å². The molecule has 2 aromatic rings. The summed E-state index contributed by atoms with van der Waals surface area (Å²) < 4.78 is 34.9. The lowest BCUT2D eigenvalue weighted by molar-refractivity contribution is -0.156. The predicted octanol–water partition coefficient (Wildman–Crippen LogP) is 5.47. The van der Waals surface area contributed by atoms with Gasteiger partial charge in [-0.15, -0.1) is 5.10 Å². The van der Waals surface area contributed by atoms with E-state index in [-0.39, 0.29) is 23.3 Å². The van der Waals surface area contributed by atoms with Gasteiger partial charge in [-0.2, -0.15) is 5.01 Å². The number of rotatable bonds is 8. The molecule has 0 saturated carbocycles. The third kappa shape index (κ3) is 5.04. The number of halogens is 2. The number of benzene rings is 2. The van der Waals surface area contributed by atoms with E-state index in [1.807, 2.05) is 30.3 Å². The van der Waals surface area contributed by atoms with Crippen molar-refractivity contribution in [2.45, 2.75) is 57.7 Å². The van der Waals surface area contributed by atoms with E-state index in [0.717, 1.165) is 49.6 Å². The van der Waals surface area contributed by atoms with Crippen LogP contribution in [0.1, 0.15) is 57.1 Å². The Morgan fingerprint density at radius 2 is 2.03 bits per heavy atom. The topological polar surface area (TPSA) is 53.9 Å². The van der Waals surface area contributed by atoms with Crippen LogP contribution in [0.3, 0.4) is 0 Å². The molecule has 0 aromatic heterocycles. The first-order valence-electron chi connectivity index (χ1n) is 11.9. The Kier molecular flexibility index (Phi) is 7.41. The van der Waals surface area contributed by atoms with E-state index in [1.54, 1.807) is 13.8 Å². The number of amides is 1. The first-order valence-corrected chi connectivity index (χ1v) is 11.9. The molecule has 2 atom stereocenters. The first kappa shape index (κ1) is 24.1. The molecule has 5 nitrogen and oxygen atoms in total. The molecule has 0 radical (unpaired) electrons. The molecule has 0 bridgehead atoms. The number of allylic oxidation sites excluding steroid dienone is 1. The van der Waals surface area contributed by atoms with Crippen molar-refractivity contribution in [2.24, 2.45) is 11.0 Å². The fraction of sp³-hybridized carbons (Fsp3) is 0.407. The lowest BCUT2D eigenvalue weighted by Gasteiger charge is -2.36. The fourth-order valence-corrected chi connectivity index (χ4v) is 4.42. The smallest absolute Gasteiger partial charge is 0.249 e. The van der Waals surface area contributed by atoms with Gasteiger partial charge in [-0.05, 0) is 50.4 Å². The van der Waals surface area contributed by atoms with Crippen LogP contribution in [0.15, 0.2) is 65.8 Å². The number of hydrogen-bond donors (Lipinski definition) is 1. The molecule has 2 unspecified atom stereocenters. The minimum Gasteiger partial charge on any atom is -0.443 e. The van der Waals surface area contributed by atoms with Gasteiger partial charge in [0.15, 0.2) is 0 Å². The number of ether oxygens (including phenoxy) is 1. The van der Waals surface area contributed by atoms with E-state index in [4.69, 9.17) is 4.74 Å². The van der Waals surface area contributed by atoms with Crippen molar-refractivity contribution in [3.8, 4) is 0 Å². The largest absolute Gasteiger partial charge is 0.443 e. The normalized spacial score (nSPS) is 22.1. The highest BCUT2D eigenvalue weighted by Crippen LogP contribution is 2.41. The molecular formula is C27H31F2N3O2. The summed E-state index contributed by atoms with van der Waals surface area (Å²) in [4.78, 5) is 13.3. The summed E-state index contributed by atoms with van der Waals surface area (Å²) in [6.07, 6.45) is 8.90. The number of carbonyl (C=O) groups excluding carboxylic acids is 1. The summed E-state index contributed by atoms with van der Waals surface area (Å²) >= 11 is 0. The van der Waals surface area contributed by atoms with E-state index < -0.39 is 17.4 Å². The van der Waals surface area contributed by atoms with Gasteiger partial charge in [-0.25, -0.2) is 8.78 Å². The zero-order valence-electron chi connectivity index (χ0n) is 19.6. The minimum atomic E-state index is -1.25. The lowest BCUT2D eigenvalue weighted by atomic mass is 9.95. The molecule has 2 aromatic carbocycles. The number of hydrazone groups is 1. The summed E-state index contributed by atoms with van der Waals surface area (Å²) in [7, 11) is 0. The summed E-state index contributed by atoms with van der Waals surface area (Å²) in [5, 5.41) is 9.29. The zero-order valence-corrected chi connectivity index (χ0v) is 19.6. The molecule has 34 heavy (non-hydrogen) atoms. The molecule has 180 valence electrons. The van der Waals surface area contributed by atoms with Crippen LogP contribution in [0.25, 0.3) is 0 Å². The van der Waals surface area contributed by atoms with Gasteiger partial charge in [-0.3, -0.25) is 4.79 Å². The number of nitrogens with one attached hydrogen (secondary N) is 1. The van der Waals surface area contributed by atoms with E-state index in [9.17, 15) is 13.6 Å². The molecule has 1 N–H and O–H groups in total. The second-order valence-corrected chi connectivity index (χ2v) is 9.11. The summed E-state index contributed by atoms with van der Waals surface area (Å²) in [5.74, 6) is -1.98. The van der Waals surface area contributed by atoms with Gasteiger partial charge in [0.25, 0.3) is 0 Å². The van der Waals surface area contributed by atoms with Crippen molar-refractivity contribution in [2.75, 3.05) is 6.54 Å². The Morgan fingerprint density at radius 1 is 1.24 bits per heavy atom. The monoisotopic (exact) mass is 467 g/mol. The average molecular weight is 468 g/mol. The third-order valence-electron chi connectivity index (χ3n) is 6.24. The molecule has 2 aliphatic rings. The van der Waals surface area contributed by atoms with E-state index >= 15 is 0 Å². The van der Waals surface area contributed by atoms with Gasteiger partial charge < -0.3 is 10.1 Å². The summed E-state index contributed by atoms with van der Waals surface area (Å²) in [6.45, 7) is 4.29. The molecule has 7 heteroatoms. The Hall–Kier alpha value is -3.06. The van der Waals surface area contributed by atoms with Gasteiger partial charge in [-0.1, -0.05) is 56.3 Å². The van der Waals surface area contributed by atoms with Crippen LogP contribution in [-0.2, 0) is 15.3 Å². The highest BCUT2D eigenvalue weighted by atomic mass is 19.1. The van der Waals surface area contributed by atoms with E-state index in [2.05, 4.69) is 22.6 Å². The van der Waals surface area contributed by atoms with Gasteiger partial charge in [0.2, 0.25) is 17.5 Å². The number of hydrogen-bond acceptors (Lipinski definition) is 4. The van der Waals surface area contributed by atoms with Crippen LogP contribution in [-0.4, -0.2) is 29.4 Å². The Bertz CT molecular complexity index is 1070. The number of carbonyl (C=O) groups is 1. The van der Waals surface area contributed by atoms with Gasteiger partial charge in [0.05, 0.1) is 5.56 Å². The lowest BCUT2D eigenvalue weighted by Crippen LogP contribution is -2.47. The van der Waals surface area contributed by atoms with Gasteiger partial charge >= 0.3 is 0 Å². The predicted molar refractivity (Wildman–Crippen MR) is 128 cm³/mol. The van der Waals surface area contributed by atoms with E-state index in [1.165, 1.54) is 5.01 Å². The van der Waals surface area contributed by atoms with Crippen molar-refractivity contribution in [3.63, 3.8) is 0 Å². The second-order valence-electron chi connectivity index (χ2n) is 9.11. The fourth-order valence-electron chi connectivity index (χ4n) is 4.42. The molecule has 1 aliphatic heterocycles. The maximum absolute atomic E-state index is 14.6. The molecule has 0 saturated heterocycles. The van der Waals surface area contributed by atoms with Crippen molar-refractivity contribution >= 4 is 11.8 Å². The standard InChI is InChI=1S/C27H31F2N3O2/c1-19(2)26(33)32-27(20-10-5-3-6-11-20,16-9-17-30-22-12-7-4-8-13-22)34-25(31-32)23-18-21(28)14-15-24(23)29/h3,5-7,10-12,14-15,18-19,22,30H,4,8-9,13,16-17H2,1-2H3. The molecule has 0 fully saturated rings. The molecule has 1 amide bonds. The first-order chi connectivity index (χ1) is 16.4. The SMILES string of the molecule is CC(C)C(=O)N1N=C(c2cc(F)ccc2F)OC1(CCCNC1C=CCCC1)c1ccccc1. The highest BCUT2D eigenvalue weighted by molar-refractivity contribution is 5.97. The second kappa shape index (κ2) is 10.5. The molecule has 1 aliphatic carbocycles. The quantitative estimate of drug-likeness (QED) is 0.414. The maximum atomic E-state index is 14.6. The van der Waals surface area contributed by atoms with Gasteiger partial charge in [0.1, 0.15) is 11.6 Å². The molecular weight excluding hydrogens is 436 g/mol. The summed E-state index contributed by atoms with van der Waals surface area (Å²) in [6, 6.07) is 12.8. The Morgan fingerprint density at radius 3 is 2.74 bits per heavy atom. The van der Waals surface area contributed by atoms with Crippen molar-refractivity contribution in [3.05, 3.63) is 83.4 Å². The summed E-state index contributed by atoms with van der Waals surface area (Å²) in [5.41, 5.74) is -0.622. The van der Waals surface area contributed by atoms with Crippen LogP contribution >= 0.6 is 0 Å².